The van der Waals surface area contributed by atoms with Gasteiger partial charge in [0.25, 0.3) is 0 Å². The van der Waals surface area contributed by atoms with Gasteiger partial charge in [-0.1, -0.05) is 172 Å². The smallest absolute Gasteiger partial charge is 0.0731 e. The Balaban J connectivity index is 0.934. The van der Waals surface area contributed by atoms with Crippen LogP contribution in [0.3, 0.4) is 0 Å². The summed E-state index contributed by atoms with van der Waals surface area (Å²) in [5.41, 5.74) is 20.2. The lowest BCUT2D eigenvalue weighted by atomic mass is 9.69. The van der Waals surface area contributed by atoms with Crippen molar-refractivity contribution >= 4 is 55.7 Å². The second kappa shape index (κ2) is 17.3. The number of para-hydroxylation sites is 2. The van der Waals surface area contributed by atoms with Crippen LogP contribution in [0.25, 0.3) is 43.8 Å². The summed E-state index contributed by atoms with van der Waals surface area (Å²) < 4.78 is 0. The van der Waals surface area contributed by atoms with Gasteiger partial charge in [-0.3, -0.25) is 0 Å². The van der Waals surface area contributed by atoms with Gasteiger partial charge in [-0.05, 0) is 200 Å². The Hall–Kier alpha value is -7.68. The lowest BCUT2D eigenvalue weighted by molar-refractivity contribution is 0.443. The number of fused-ring (bicyclic) bond motifs is 13. The second-order valence-corrected chi connectivity index (χ2v) is 20.9. The topological polar surface area (TPSA) is 6.48 Å². The molecule has 2 nitrogen and oxygen atoms in total. The first-order chi connectivity index (χ1) is 35.2. The number of hydrogen-bond acceptors (Lipinski definition) is 2. The maximum absolute atomic E-state index is 2.55. The minimum atomic E-state index is -0.509. The number of benzene rings is 10. The average Bonchev–Trinajstić information content (AvgIpc) is 3.91. The van der Waals surface area contributed by atoms with Crippen molar-refractivity contribution in [1.29, 1.82) is 0 Å². The molecule has 2 heteroatoms. The molecular weight excluding hydrogens is 857 g/mol. The van der Waals surface area contributed by atoms with Gasteiger partial charge in [-0.2, -0.15) is 0 Å². The Bertz CT molecular complexity index is 3550. The first-order valence-electron chi connectivity index (χ1n) is 26.5. The molecule has 2 fully saturated rings. The second-order valence-electron chi connectivity index (χ2n) is 20.9. The highest BCUT2D eigenvalue weighted by atomic mass is 15.1. The van der Waals surface area contributed by atoms with Gasteiger partial charge in [0.1, 0.15) is 0 Å². The van der Waals surface area contributed by atoms with Crippen LogP contribution in [0.4, 0.5) is 34.1 Å². The summed E-state index contributed by atoms with van der Waals surface area (Å²) in [6.45, 7) is 0. The molecule has 0 amide bonds. The molecule has 0 bridgehead atoms. The fourth-order valence-electron chi connectivity index (χ4n) is 13.7. The van der Waals surface area contributed by atoms with Crippen LogP contribution < -0.4 is 9.80 Å². The molecule has 0 aromatic heterocycles. The standard InChI is InChI=1S/C69H58N2/c1-5-17-47(18-6-1)49-29-35-56(36-30-49)70(54-21-9-3-10-22-54)58-39-33-51-45-64-63-41-34-52-43-59(71(55-23-11-4-12-24-55)57-37-31-50(32-38-57)48-19-7-2-8-20-48)40-42-60(52)68(63)69(67(64)46-53(51)44-58)65-27-15-13-25-61(65)62-26-14-16-28-66(62)69/h3-4,9-16,21-48H,1-2,5-8,17-20H2. The molecule has 0 N–H and O–H groups in total. The molecule has 10 aromatic carbocycles. The Kier molecular flexibility index (Phi) is 10.3. The Morgan fingerprint density at radius 2 is 0.746 bits per heavy atom. The van der Waals surface area contributed by atoms with Crippen LogP contribution >= 0.6 is 0 Å². The predicted molar refractivity (Wildman–Crippen MR) is 299 cm³/mol. The molecule has 0 saturated heterocycles. The van der Waals surface area contributed by atoms with E-state index in [1.165, 1.54) is 153 Å². The minimum Gasteiger partial charge on any atom is -0.310 e. The van der Waals surface area contributed by atoms with Gasteiger partial charge < -0.3 is 9.80 Å². The number of anilines is 6. The zero-order chi connectivity index (χ0) is 46.9. The van der Waals surface area contributed by atoms with Crippen molar-refractivity contribution < 1.29 is 0 Å². The normalized spacial score (nSPS) is 15.9. The van der Waals surface area contributed by atoms with Gasteiger partial charge in [0.2, 0.25) is 0 Å². The molecule has 344 valence electrons. The molecule has 10 aromatic rings. The molecule has 71 heavy (non-hydrogen) atoms. The third-order valence-electron chi connectivity index (χ3n) is 17.0. The fourth-order valence-corrected chi connectivity index (χ4v) is 13.7. The van der Waals surface area contributed by atoms with Crippen molar-refractivity contribution in [3.63, 3.8) is 0 Å². The average molecular weight is 915 g/mol. The quantitative estimate of drug-likeness (QED) is 0.150. The van der Waals surface area contributed by atoms with Gasteiger partial charge in [-0.25, -0.2) is 0 Å². The number of nitrogens with zero attached hydrogens (tertiary/aromatic N) is 2. The summed E-state index contributed by atoms with van der Waals surface area (Å²) in [5, 5.41) is 5.04. The van der Waals surface area contributed by atoms with Crippen LogP contribution in [0.15, 0.2) is 218 Å². The van der Waals surface area contributed by atoms with Gasteiger partial charge in [0, 0.05) is 34.1 Å². The van der Waals surface area contributed by atoms with Crippen LogP contribution in [-0.2, 0) is 5.41 Å². The zero-order valence-electron chi connectivity index (χ0n) is 40.4. The summed E-state index contributed by atoms with van der Waals surface area (Å²) in [5.74, 6) is 1.34. The van der Waals surface area contributed by atoms with Crippen LogP contribution in [0.1, 0.15) is 109 Å². The van der Waals surface area contributed by atoms with Gasteiger partial charge in [0.05, 0.1) is 5.41 Å². The number of hydrogen-bond donors (Lipinski definition) is 0. The molecule has 0 atom stereocenters. The van der Waals surface area contributed by atoms with Crippen LogP contribution in [0.5, 0.6) is 0 Å². The van der Waals surface area contributed by atoms with Crippen molar-refractivity contribution in [3.8, 4) is 22.3 Å². The van der Waals surface area contributed by atoms with E-state index in [4.69, 9.17) is 0 Å². The van der Waals surface area contributed by atoms with E-state index in [2.05, 4.69) is 228 Å². The molecule has 0 aliphatic heterocycles. The molecule has 4 aliphatic carbocycles. The van der Waals surface area contributed by atoms with E-state index in [0.717, 1.165) is 22.7 Å². The van der Waals surface area contributed by atoms with Crippen LogP contribution in [-0.4, -0.2) is 0 Å². The Morgan fingerprint density at radius 1 is 0.296 bits per heavy atom. The van der Waals surface area contributed by atoms with E-state index in [9.17, 15) is 0 Å². The summed E-state index contributed by atoms with van der Waals surface area (Å²) in [6.07, 6.45) is 13.3. The molecule has 14 rings (SSSR count). The highest BCUT2D eigenvalue weighted by Gasteiger charge is 2.52. The molecule has 0 radical (unpaired) electrons. The first kappa shape index (κ1) is 42.2. The highest BCUT2D eigenvalue weighted by molar-refractivity contribution is 6.07. The molecule has 0 unspecified atom stereocenters. The van der Waals surface area contributed by atoms with E-state index in [1.54, 1.807) is 0 Å². The third-order valence-corrected chi connectivity index (χ3v) is 17.0. The highest BCUT2D eigenvalue weighted by Crippen LogP contribution is 2.65. The van der Waals surface area contributed by atoms with Gasteiger partial charge >= 0.3 is 0 Å². The third kappa shape index (κ3) is 6.90. The summed E-state index contributed by atoms with van der Waals surface area (Å²) in [6, 6.07) is 83.5. The maximum Gasteiger partial charge on any atom is 0.0731 e. The molecule has 4 aliphatic rings. The zero-order valence-corrected chi connectivity index (χ0v) is 40.4. The maximum atomic E-state index is 2.55. The fraction of sp³-hybridized carbons (Fsp3) is 0.188. The molecule has 1 spiro atoms. The monoisotopic (exact) mass is 914 g/mol. The lowest BCUT2D eigenvalue weighted by Crippen LogP contribution is -2.26. The van der Waals surface area contributed by atoms with E-state index in [1.807, 2.05) is 0 Å². The predicted octanol–water partition coefficient (Wildman–Crippen LogP) is 19.4. The van der Waals surface area contributed by atoms with E-state index < -0.39 is 5.41 Å². The van der Waals surface area contributed by atoms with Crippen molar-refractivity contribution in [1.82, 2.24) is 0 Å². The van der Waals surface area contributed by atoms with Crippen molar-refractivity contribution in [2.45, 2.75) is 81.5 Å². The largest absolute Gasteiger partial charge is 0.310 e. The lowest BCUT2D eigenvalue weighted by Gasteiger charge is -2.32. The Morgan fingerprint density at radius 3 is 1.30 bits per heavy atom. The van der Waals surface area contributed by atoms with Crippen LogP contribution in [0, 0.1) is 0 Å². The molecule has 2 saturated carbocycles. The van der Waals surface area contributed by atoms with Crippen molar-refractivity contribution in [2.75, 3.05) is 9.80 Å². The van der Waals surface area contributed by atoms with E-state index >= 15 is 0 Å². The summed E-state index contributed by atoms with van der Waals surface area (Å²) >= 11 is 0. The van der Waals surface area contributed by atoms with Crippen molar-refractivity contribution in [3.05, 3.63) is 252 Å². The number of rotatable bonds is 8. The SMILES string of the molecule is c1ccc(N(c2ccc(C3CCCCC3)cc2)c2ccc3cc4c(cc3c2)C2(c3ccccc3-c3ccccc32)c2c-4ccc3cc(N(c4ccccc4)c4ccc(C5CCCCC5)cc4)ccc23)cc1. The van der Waals surface area contributed by atoms with Gasteiger partial charge in [-0.15, -0.1) is 0 Å². The minimum absolute atomic E-state index is 0.509. The van der Waals surface area contributed by atoms with E-state index in [0.29, 0.717) is 11.8 Å². The molecule has 0 heterocycles. The summed E-state index contributed by atoms with van der Waals surface area (Å²) in [7, 11) is 0. The first-order valence-corrected chi connectivity index (χ1v) is 26.5. The molecular formula is C69H58N2. The summed E-state index contributed by atoms with van der Waals surface area (Å²) in [4.78, 5) is 4.88. The van der Waals surface area contributed by atoms with Crippen LogP contribution in [0.2, 0.25) is 0 Å². The van der Waals surface area contributed by atoms with E-state index in [-0.39, 0.29) is 0 Å². The van der Waals surface area contributed by atoms with Gasteiger partial charge in [0.15, 0.2) is 0 Å². The van der Waals surface area contributed by atoms with Crippen molar-refractivity contribution in [2.24, 2.45) is 0 Å². The Labute approximate surface area is 418 Å².